The van der Waals surface area contributed by atoms with Crippen molar-refractivity contribution < 1.29 is 0 Å². The van der Waals surface area contributed by atoms with Crippen molar-refractivity contribution in [1.29, 1.82) is 0 Å². The minimum absolute atomic E-state index is 0.809. The van der Waals surface area contributed by atoms with Gasteiger partial charge in [-0.05, 0) is 47.2 Å². The maximum absolute atomic E-state index is 4.44. The summed E-state index contributed by atoms with van der Waals surface area (Å²) in [7, 11) is 1.99. The van der Waals surface area contributed by atoms with Crippen LogP contribution in [0.4, 0.5) is 5.69 Å². The van der Waals surface area contributed by atoms with Gasteiger partial charge in [-0.1, -0.05) is 19.1 Å². The Bertz CT molecular complexity index is 505. The van der Waals surface area contributed by atoms with Crippen LogP contribution in [0.25, 0.3) is 0 Å². The molecule has 0 spiro atoms. The molecule has 0 unspecified atom stereocenters. The molecular weight excluding hydrogens is 325 g/mol. The molecule has 0 bridgehead atoms. The Morgan fingerprint density at radius 3 is 2.76 bits per heavy atom. The lowest BCUT2D eigenvalue weighted by molar-refractivity contribution is 0.707. The molecule has 0 fully saturated rings. The molecule has 17 heavy (non-hydrogen) atoms. The monoisotopic (exact) mass is 341 g/mol. The highest BCUT2D eigenvalue weighted by atomic mass is 127. The lowest BCUT2D eigenvalue weighted by Gasteiger charge is -2.08. The molecule has 0 saturated carbocycles. The number of aryl methyl sites for hydroxylation is 2. The topological polar surface area (TPSA) is 29.9 Å². The van der Waals surface area contributed by atoms with Crippen molar-refractivity contribution >= 4 is 28.3 Å². The van der Waals surface area contributed by atoms with Gasteiger partial charge in [0.15, 0.2) is 0 Å². The molecule has 1 heterocycles. The van der Waals surface area contributed by atoms with Gasteiger partial charge in [0.2, 0.25) is 0 Å². The van der Waals surface area contributed by atoms with Gasteiger partial charge in [-0.2, -0.15) is 5.10 Å². The van der Waals surface area contributed by atoms with Crippen LogP contribution in [0.5, 0.6) is 0 Å². The van der Waals surface area contributed by atoms with Crippen molar-refractivity contribution in [1.82, 2.24) is 9.78 Å². The van der Waals surface area contributed by atoms with Gasteiger partial charge in [0, 0.05) is 16.3 Å². The molecular formula is C13H16IN3. The predicted octanol–water partition coefficient (Wildman–Crippen LogP) is 3.20. The zero-order valence-electron chi connectivity index (χ0n) is 10.1. The van der Waals surface area contributed by atoms with Gasteiger partial charge in [0.05, 0.1) is 17.9 Å². The summed E-state index contributed by atoms with van der Waals surface area (Å²) in [5.74, 6) is 0. The summed E-state index contributed by atoms with van der Waals surface area (Å²) in [4.78, 5) is 0. The molecule has 0 aliphatic rings. The normalized spacial score (nSPS) is 10.5. The molecule has 0 saturated heterocycles. The van der Waals surface area contributed by atoms with E-state index in [1.807, 2.05) is 23.9 Å². The number of rotatable bonds is 4. The van der Waals surface area contributed by atoms with E-state index >= 15 is 0 Å². The average molecular weight is 341 g/mol. The van der Waals surface area contributed by atoms with Crippen molar-refractivity contribution in [3.63, 3.8) is 0 Å². The minimum atomic E-state index is 0.809. The number of nitrogens with zero attached hydrogens (tertiary/aromatic N) is 2. The second-order valence-corrected chi connectivity index (χ2v) is 5.10. The number of anilines is 1. The van der Waals surface area contributed by atoms with E-state index in [-0.39, 0.29) is 0 Å². The summed E-state index contributed by atoms with van der Waals surface area (Å²) >= 11 is 2.34. The lowest BCUT2D eigenvalue weighted by atomic mass is 10.3. The van der Waals surface area contributed by atoms with E-state index in [9.17, 15) is 0 Å². The second-order valence-electron chi connectivity index (χ2n) is 3.94. The van der Waals surface area contributed by atoms with Gasteiger partial charge in [-0.3, -0.25) is 4.68 Å². The van der Waals surface area contributed by atoms with Crippen molar-refractivity contribution in [3.8, 4) is 0 Å². The van der Waals surface area contributed by atoms with Crippen LogP contribution in [0.2, 0.25) is 0 Å². The third kappa shape index (κ3) is 3.00. The summed E-state index contributed by atoms with van der Waals surface area (Å²) in [6.07, 6.45) is 0.983. The first-order valence-corrected chi connectivity index (χ1v) is 6.78. The van der Waals surface area contributed by atoms with Crippen molar-refractivity contribution in [2.24, 2.45) is 7.05 Å². The Hall–Kier alpha value is -1.04. The van der Waals surface area contributed by atoms with Crippen LogP contribution in [0, 0.1) is 3.57 Å². The fraction of sp³-hybridized carbons (Fsp3) is 0.308. The first kappa shape index (κ1) is 12.4. The first-order valence-electron chi connectivity index (χ1n) is 5.71. The molecule has 0 atom stereocenters. The fourth-order valence-corrected chi connectivity index (χ4v) is 2.28. The molecule has 2 aromatic rings. The Morgan fingerprint density at radius 1 is 1.35 bits per heavy atom. The quantitative estimate of drug-likeness (QED) is 0.866. The number of nitrogens with one attached hydrogen (secondary N) is 1. The van der Waals surface area contributed by atoms with Gasteiger partial charge in [0.25, 0.3) is 0 Å². The van der Waals surface area contributed by atoms with E-state index in [4.69, 9.17) is 0 Å². The molecule has 4 heteroatoms. The van der Waals surface area contributed by atoms with E-state index in [0.29, 0.717) is 0 Å². The molecule has 0 aliphatic heterocycles. The molecule has 1 N–H and O–H groups in total. The minimum Gasteiger partial charge on any atom is -0.379 e. The number of hydrogen-bond donors (Lipinski definition) is 1. The van der Waals surface area contributed by atoms with Crippen LogP contribution < -0.4 is 5.32 Å². The Labute approximate surface area is 115 Å². The predicted molar refractivity (Wildman–Crippen MR) is 79.1 cm³/mol. The van der Waals surface area contributed by atoms with Crippen molar-refractivity contribution in [2.45, 2.75) is 19.9 Å². The SMILES string of the molecule is CCc1cc(CNc2ccccc2I)n(C)n1. The van der Waals surface area contributed by atoms with Gasteiger partial charge >= 0.3 is 0 Å². The fourth-order valence-electron chi connectivity index (χ4n) is 1.70. The van der Waals surface area contributed by atoms with E-state index < -0.39 is 0 Å². The maximum Gasteiger partial charge on any atom is 0.0625 e. The standard InChI is InChI=1S/C13H16IN3/c1-3-10-8-11(17(2)16-10)9-15-13-7-5-4-6-12(13)14/h4-8,15H,3,9H2,1-2H3. The Balaban J connectivity index is 2.07. The zero-order valence-corrected chi connectivity index (χ0v) is 12.2. The third-order valence-electron chi connectivity index (χ3n) is 2.72. The summed E-state index contributed by atoms with van der Waals surface area (Å²) in [6, 6.07) is 10.4. The molecule has 0 amide bonds. The highest BCUT2D eigenvalue weighted by Gasteiger charge is 2.04. The van der Waals surface area contributed by atoms with Crippen LogP contribution in [0.15, 0.2) is 30.3 Å². The average Bonchev–Trinajstić information content (AvgIpc) is 2.69. The highest BCUT2D eigenvalue weighted by molar-refractivity contribution is 14.1. The highest BCUT2D eigenvalue weighted by Crippen LogP contribution is 2.18. The zero-order chi connectivity index (χ0) is 12.3. The molecule has 1 aromatic heterocycles. The number of benzene rings is 1. The van der Waals surface area contributed by atoms with Gasteiger partial charge < -0.3 is 5.32 Å². The summed E-state index contributed by atoms with van der Waals surface area (Å²) < 4.78 is 3.18. The second kappa shape index (κ2) is 5.53. The van der Waals surface area contributed by atoms with Crippen molar-refractivity contribution in [2.75, 3.05) is 5.32 Å². The summed E-state index contributed by atoms with van der Waals surface area (Å²) in [6.45, 7) is 2.93. The van der Waals surface area contributed by atoms with E-state index in [1.54, 1.807) is 0 Å². The Morgan fingerprint density at radius 2 is 2.12 bits per heavy atom. The maximum atomic E-state index is 4.44. The third-order valence-corrected chi connectivity index (χ3v) is 3.66. The smallest absolute Gasteiger partial charge is 0.0625 e. The van der Waals surface area contributed by atoms with Crippen LogP contribution in [0.1, 0.15) is 18.3 Å². The van der Waals surface area contributed by atoms with E-state index in [0.717, 1.165) is 18.7 Å². The number of halogens is 1. The molecule has 90 valence electrons. The van der Waals surface area contributed by atoms with E-state index in [2.05, 4.69) is 58.1 Å². The van der Waals surface area contributed by atoms with E-state index in [1.165, 1.54) is 15.0 Å². The molecule has 1 aromatic carbocycles. The number of para-hydroxylation sites is 1. The molecule has 0 aliphatic carbocycles. The first-order chi connectivity index (χ1) is 8.20. The largest absolute Gasteiger partial charge is 0.379 e. The number of aromatic nitrogens is 2. The molecule has 2 rings (SSSR count). The van der Waals surface area contributed by atoms with Gasteiger partial charge in [-0.25, -0.2) is 0 Å². The molecule has 0 radical (unpaired) electrons. The van der Waals surface area contributed by atoms with Crippen molar-refractivity contribution in [3.05, 3.63) is 45.3 Å². The van der Waals surface area contributed by atoms with Crippen LogP contribution in [0.3, 0.4) is 0 Å². The van der Waals surface area contributed by atoms with Crippen LogP contribution >= 0.6 is 22.6 Å². The van der Waals surface area contributed by atoms with Crippen LogP contribution in [-0.2, 0) is 20.0 Å². The van der Waals surface area contributed by atoms with Crippen LogP contribution in [-0.4, -0.2) is 9.78 Å². The summed E-state index contributed by atoms with van der Waals surface area (Å²) in [5, 5.41) is 7.88. The summed E-state index contributed by atoms with van der Waals surface area (Å²) in [5.41, 5.74) is 3.53. The lowest BCUT2D eigenvalue weighted by Crippen LogP contribution is -2.06. The van der Waals surface area contributed by atoms with Gasteiger partial charge in [-0.15, -0.1) is 0 Å². The van der Waals surface area contributed by atoms with Gasteiger partial charge in [0.1, 0.15) is 0 Å². The Kier molecular flexibility index (Phi) is 4.04. The molecule has 3 nitrogen and oxygen atoms in total. The number of hydrogen-bond acceptors (Lipinski definition) is 2.